The minimum absolute atomic E-state index is 0.00630. The number of ether oxygens (including phenoxy) is 2. The van der Waals surface area contributed by atoms with E-state index in [1.807, 2.05) is 39.8 Å². The molecule has 3 rings (SSSR count). The Hall–Kier alpha value is -4.19. The smallest absolute Gasteiger partial charge is 0.433 e. The van der Waals surface area contributed by atoms with Crippen molar-refractivity contribution in [3.63, 3.8) is 0 Å². The molecule has 3 N–H and O–H groups in total. The summed E-state index contributed by atoms with van der Waals surface area (Å²) in [5.74, 6) is 0.437. The van der Waals surface area contributed by atoms with Crippen LogP contribution in [0.15, 0.2) is 59.4 Å². The van der Waals surface area contributed by atoms with E-state index >= 15 is 0 Å². The molecule has 0 radical (unpaired) electrons. The first kappa shape index (κ1) is 38.8. The van der Waals surface area contributed by atoms with Crippen molar-refractivity contribution < 1.29 is 27.4 Å². The van der Waals surface area contributed by atoms with Crippen molar-refractivity contribution in [2.75, 3.05) is 38.8 Å². The summed E-state index contributed by atoms with van der Waals surface area (Å²) in [6.07, 6.45) is 0.422. The number of carbonyl (C=O) groups is 1. The van der Waals surface area contributed by atoms with Gasteiger partial charge >= 0.3 is 6.18 Å². The van der Waals surface area contributed by atoms with Crippen LogP contribution in [0.4, 0.5) is 19.0 Å². The number of methoxy groups -OCH3 is 2. The average Bonchev–Trinajstić information content (AvgIpc) is 3.06. The molecule has 1 aromatic carbocycles. The zero-order valence-electron chi connectivity index (χ0n) is 27.6. The van der Waals surface area contributed by atoms with Crippen molar-refractivity contribution in [2.24, 2.45) is 10.7 Å². The summed E-state index contributed by atoms with van der Waals surface area (Å²) >= 11 is 0. The van der Waals surface area contributed by atoms with Gasteiger partial charge < -0.3 is 25.4 Å². The standard InChI is InChI=1S/C29H35F3N6O3.2C2H6/c1-5-16-38(17-6-2)26-19(8-7-15-34-26)18-35-27(39)22(13-14-33)36-28(41-4)21-9-11-23(40-3)25-20(21)10-12-24(37-25)29(30,31)32;2*1-2/h7-13,15H,5-6,14,16-18,33H2,1-4H3,(H,35,39);2*1-2H3/b22-13+,36-28?;;. The number of hydrogen-bond donors (Lipinski definition) is 2. The molecule has 248 valence electrons. The second-order valence-electron chi connectivity index (χ2n) is 9.01. The van der Waals surface area contributed by atoms with Crippen LogP contribution in [0.25, 0.3) is 10.9 Å². The third kappa shape index (κ3) is 10.7. The van der Waals surface area contributed by atoms with E-state index in [4.69, 9.17) is 15.2 Å². The summed E-state index contributed by atoms with van der Waals surface area (Å²) in [6.45, 7) is 14.1. The number of carbonyl (C=O) groups excluding carboxylic acids is 1. The maximum Gasteiger partial charge on any atom is 0.433 e. The number of nitrogens with zero attached hydrogens (tertiary/aromatic N) is 4. The summed E-state index contributed by atoms with van der Waals surface area (Å²) in [5.41, 5.74) is 5.80. The van der Waals surface area contributed by atoms with Gasteiger partial charge in [-0.3, -0.25) is 4.79 Å². The van der Waals surface area contributed by atoms with E-state index in [0.717, 1.165) is 43.4 Å². The van der Waals surface area contributed by atoms with Crippen LogP contribution in [-0.4, -0.2) is 55.6 Å². The molecule has 9 nitrogen and oxygen atoms in total. The van der Waals surface area contributed by atoms with Crippen LogP contribution in [0.5, 0.6) is 5.75 Å². The number of fused-ring (bicyclic) bond motifs is 1. The number of alkyl halides is 3. The molecular weight excluding hydrogens is 585 g/mol. The molecule has 0 unspecified atom stereocenters. The monoisotopic (exact) mass is 632 g/mol. The van der Waals surface area contributed by atoms with Gasteiger partial charge in [-0.15, -0.1) is 0 Å². The van der Waals surface area contributed by atoms with Crippen molar-refractivity contribution in [1.82, 2.24) is 15.3 Å². The number of aromatic nitrogens is 2. The quantitative estimate of drug-likeness (QED) is 0.127. The van der Waals surface area contributed by atoms with E-state index in [2.05, 4.69) is 39.0 Å². The maximum atomic E-state index is 13.3. The molecule has 0 aliphatic carbocycles. The number of halogens is 3. The van der Waals surface area contributed by atoms with Crippen LogP contribution in [0.3, 0.4) is 0 Å². The highest BCUT2D eigenvalue weighted by atomic mass is 19.4. The van der Waals surface area contributed by atoms with Crippen molar-refractivity contribution in [3.05, 3.63) is 71.2 Å². The highest BCUT2D eigenvalue weighted by Crippen LogP contribution is 2.33. The molecule has 0 saturated carbocycles. The normalized spacial score (nSPS) is 11.6. The molecule has 1 amide bonds. The third-order valence-corrected chi connectivity index (χ3v) is 6.11. The third-order valence-electron chi connectivity index (χ3n) is 6.11. The summed E-state index contributed by atoms with van der Waals surface area (Å²) < 4.78 is 50.8. The molecule has 0 aliphatic heterocycles. The van der Waals surface area contributed by atoms with Gasteiger partial charge in [-0.1, -0.05) is 47.6 Å². The first-order valence-corrected chi connectivity index (χ1v) is 15.2. The summed E-state index contributed by atoms with van der Waals surface area (Å²) in [4.78, 5) is 28.2. The van der Waals surface area contributed by atoms with Gasteiger partial charge in [0.15, 0.2) is 0 Å². The highest BCUT2D eigenvalue weighted by molar-refractivity contribution is 6.09. The van der Waals surface area contributed by atoms with E-state index in [1.54, 1.807) is 12.3 Å². The van der Waals surface area contributed by atoms with E-state index in [0.29, 0.717) is 10.9 Å². The minimum Gasteiger partial charge on any atom is -0.494 e. The van der Waals surface area contributed by atoms with Crippen molar-refractivity contribution in [3.8, 4) is 5.75 Å². The van der Waals surface area contributed by atoms with E-state index in [9.17, 15) is 18.0 Å². The molecule has 3 aromatic rings. The van der Waals surface area contributed by atoms with Crippen LogP contribution < -0.4 is 20.7 Å². The van der Waals surface area contributed by atoms with Gasteiger partial charge in [0.1, 0.15) is 28.5 Å². The molecule has 45 heavy (non-hydrogen) atoms. The van der Waals surface area contributed by atoms with Crippen molar-refractivity contribution >= 4 is 28.5 Å². The Morgan fingerprint density at radius 1 is 1.04 bits per heavy atom. The summed E-state index contributed by atoms with van der Waals surface area (Å²) in [6, 6.07) is 8.90. The maximum absolute atomic E-state index is 13.3. The zero-order valence-corrected chi connectivity index (χ0v) is 27.6. The van der Waals surface area contributed by atoms with E-state index in [-0.39, 0.29) is 36.0 Å². The minimum atomic E-state index is -4.64. The second-order valence-corrected chi connectivity index (χ2v) is 9.01. The Morgan fingerprint density at radius 2 is 1.71 bits per heavy atom. The second kappa shape index (κ2) is 20.0. The van der Waals surface area contributed by atoms with Crippen LogP contribution in [0.2, 0.25) is 0 Å². The number of amides is 1. The molecule has 0 atom stereocenters. The van der Waals surface area contributed by atoms with Gasteiger partial charge in [0.25, 0.3) is 5.91 Å². The Kier molecular flexibility index (Phi) is 17.2. The lowest BCUT2D eigenvalue weighted by molar-refractivity contribution is -0.141. The van der Waals surface area contributed by atoms with Crippen LogP contribution in [-0.2, 0) is 22.3 Å². The van der Waals surface area contributed by atoms with Gasteiger partial charge in [-0.25, -0.2) is 15.0 Å². The van der Waals surface area contributed by atoms with Gasteiger partial charge in [-0.05, 0) is 49.2 Å². The molecule has 0 saturated heterocycles. The fourth-order valence-corrected chi connectivity index (χ4v) is 4.31. The first-order chi connectivity index (χ1) is 21.7. The number of benzene rings is 1. The number of nitrogens with two attached hydrogens (primary N) is 1. The number of pyridine rings is 2. The molecule has 2 heterocycles. The number of rotatable bonds is 12. The largest absolute Gasteiger partial charge is 0.494 e. The molecule has 0 bridgehead atoms. The Morgan fingerprint density at radius 3 is 2.27 bits per heavy atom. The molecule has 0 spiro atoms. The molecule has 0 fully saturated rings. The zero-order chi connectivity index (χ0) is 34.0. The lowest BCUT2D eigenvalue weighted by atomic mass is 10.1. The van der Waals surface area contributed by atoms with Gasteiger partial charge in [-0.2, -0.15) is 13.2 Å². The number of nitrogens with one attached hydrogen (secondary N) is 1. The Labute approximate surface area is 264 Å². The van der Waals surface area contributed by atoms with Gasteiger partial charge in [0.05, 0.1) is 14.2 Å². The molecule has 12 heteroatoms. The topological polar surface area (TPSA) is 115 Å². The number of hydrogen-bond acceptors (Lipinski definition) is 8. The van der Waals surface area contributed by atoms with Crippen LogP contribution in [0.1, 0.15) is 71.2 Å². The average molecular weight is 633 g/mol. The summed E-state index contributed by atoms with van der Waals surface area (Å²) in [5, 5.41) is 3.18. The highest BCUT2D eigenvalue weighted by Gasteiger charge is 2.33. The van der Waals surface area contributed by atoms with Gasteiger partial charge in [0, 0.05) is 48.9 Å². The Bertz CT molecular complexity index is 1400. The predicted molar refractivity (Wildman–Crippen MR) is 176 cm³/mol. The molecule has 0 aliphatic rings. The van der Waals surface area contributed by atoms with Gasteiger partial charge in [0.2, 0.25) is 5.90 Å². The fourth-order valence-electron chi connectivity index (χ4n) is 4.31. The van der Waals surface area contributed by atoms with Crippen molar-refractivity contribution in [2.45, 2.75) is 67.1 Å². The fraction of sp³-hybridized carbons (Fsp3) is 0.455. The predicted octanol–water partition coefficient (Wildman–Crippen LogP) is 6.89. The molecule has 2 aromatic heterocycles. The van der Waals surface area contributed by atoms with Crippen molar-refractivity contribution in [1.29, 1.82) is 0 Å². The molecular formula is C33H47F3N6O3. The van der Waals surface area contributed by atoms with Crippen LogP contribution in [0, 0.1) is 0 Å². The lowest BCUT2D eigenvalue weighted by Crippen LogP contribution is -2.30. The number of anilines is 1. The summed E-state index contributed by atoms with van der Waals surface area (Å²) in [7, 11) is 2.69. The van der Waals surface area contributed by atoms with Crippen LogP contribution >= 0.6 is 0 Å². The Balaban J connectivity index is 0.00000243. The van der Waals surface area contributed by atoms with E-state index in [1.165, 1.54) is 32.4 Å². The number of aliphatic imine (C=N–C) groups is 1. The SMILES string of the molecule is CC.CC.CCCN(CCC)c1ncccc1CNC(=O)/C(=C\CN)N=C(OC)c1ccc(OC)c2nc(C(F)(F)F)ccc12. The lowest BCUT2D eigenvalue weighted by Gasteiger charge is -2.25. The van der Waals surface area contributed by atoms with E-state index < -0.39 is 17.8 Å². The first-order valence-electron chi connectivity index (χ1n) is 15.2.